The van der Waals surface area contributed by atoms with E-state index in [-0.39, 0.29) is 6.61 Å². The molecule has 96 valence electrons. The van der Waals surface area contributed by atoms with Crippen molar-refractivity contribution in [2.24, 2.45) is 5.92 Å². The van der Waals surface area contributed by atoms with Gasteiger partial charge in [0.15, 0.2) is 5.16 Å². The minimum Gasteiger partial charge on any atom is -0.396 e. The number of halogens is 1. The summed E-state index contributed by atoms with van der Waals surface area (Å²) in [5, 5.41) is 13.3. The first-order valence-corrected chi connectivity index (χ1v) is 7.23. The van der Waals surface area contributed by atoms with Gasteiger partial charge in [0.1, 0.15) is 11.0 Å². The number of aromatic nitrogens is 2. The van der Waals surface area contributed by atoms with Gasteiger partial charge < -0.3 is 10.4 Å². The number of nitrogens with one attached hydrogen (secondary N) is 1. The average molecular weight is 276 g/mol. The first-order chi connectivity index (χ1) is 8.19. The fourth-order valence-corrected chi connectivity index (χ4v) is 2.07. The summed E-state index contributed by atoms with van der Waals surface area (Å²) in [4.78, 5) is 8.39. The summed E-state index contributed by atoms with van der Waals surface area (Å²) >= 11 is 7.36. The molecule has 0 bridgehead atoms. The maximum atomic E-state index is 8.91. The molecular formula is C11H18ClN3OS. The summed E-state index contributed by atoms with van der Waals surface area (Å²) < 4.78 is 0. The zero-order chi connectivity index (χ0) is 12.7. The van der Waals surface area contributed by atoms with Gasteiger partial charge in [-0.3, -0.25) is 0 Å². The van der Waals surface area contributed by atoms with E-state index >= 15 is 0 Å². The summed E-state index contributed by atoms with van der Waals surface area (Å²) in [5.74, 6) is 1.19. The average Bonchev–Trinajstić information content (AvgIpc) is 2.33. The van der Waals surface area contributed by atoms with E-state index in [4.69, 9.17) is 16.7 Å². The second-order valence-corrected chi connectivity index (χ2v) is 4.89. The standard InChI is InChI=1S/C11H18ClN3OS/c1-3-8(4-5-16)7-13-10-6-9(12)14-11(15-10)17-2/h6,8,16H,3-5,7H2,1-2H3,(H,13,14,15). The van der Waals surface area contributed by atoms with Gasteiger partial charge in [0.25, 0.3) is 0 Å². The summed E-state index contributed by atoms with van der Waals surface area (Å²) in [6.45, 7) is 3.13. The Morgan fingerprint density at radius 3 is 2.88 bits per heavy atom. The Hall–Kier alpha value is -0.520. The van der Waals surface area contributed by atoms with E-state index in [2.05, 4.69) is 22.2 Å². The topological polar surface area (TPSA) is 58.0 Å². The molecule has 1 aromatic rings. The second kappa shape index (κ2) is 7.74. The van der Waals surface area contributed by atoms with E-state index in [1.807, 2.05) is 6.26 Å². The van der Waals surface area contributed by atoms with Crippen molar-refractivity contribution in [2.45, 2.75) is 24.9 Å². The second-order valence-electron chi connectivity index (χ2n) is 3.73. The zero-order valence-corrected chi connectivity index (χ0v) is 11.7. The fraction of sp³-hybridized carbons (Fsp3) is 0.636. The van der Waals surface area contributed by atoms with Gasteiger partial charge in [0.2, 0.25) is 0 Å². The van der Waals surface area contributed by atoms with Gasteiger partial charge in [-0.25, -0.2) is 9.97 Å². The van der Waals surface area contributed by atoms with E-state index in [1.54, 1.807) is 6.07 Å². The number of hydrogen-bond donors (Lipinski definition) is 2. The molecule has 0 aliphatic heterocycles. The maximum Gasteiger partial charge on any atom is 0.190 e. The van der Waals surface area contributed by atoms with Crippen LogP contribution in [0.15, 0.2) is 11.2 Å². The van der Waals surface area contributed by atoms with Crippen LogP contribution in [0.3, 0.4) is 0 Å². The SMILES string of the molecule is CCC(CCO)CNc1cc(Cl)nc(SC)n1. The highest BCUT2D eigenvalue weighted by Crippen LogP contribution is 2.18. The Morgan fingerprint density at radius 1 is 1.53 bits per heavy atom. The molecule has 0 aliphatic carbocycles. The lowest BCUT2D eigenvalue weighted by molar-refractivity contribution is 0.258. The van der Waals surface area contributed by atoms with E-state index in [0.29, 0.717) is 16.2 Å². The van der Waals surface area contributed by atoms with Gasteiger partial charge in [-0.05, 0) is 18.6 Å². The number of hydrogen-bond acceptors (Lipinski definition) is 5. The van der Waals surface area contributed by atoms with Crippen LogP contribution in [-0.2, 0) is 0 Å². The number of aliphatic hydroxyl groups excluding tert-OH is 1. The Kier molecular flexibility index (Phi) is 6.62. The van der Waals surface area contributed by atoms with Crippen molar-refractivity contribution < 1.29 is 5.11 Å². The summed E-state index contributed by atoms with van der Waals surface area (Å²) in [5.41, 5.74) is 0. The molecule has 0 fully saturated rings. The predicted molar refractivity (Wildman–Crippen MR) is 72.8 cm³/mol. The molecule has 17 heavy (non-hydrogen) atoms. The van der Waals surface area contributed by atoms with Crippen LogP contribution in [-0.4, -0.2) is 34.5 Å². The third kappa shape index (κ3) is 5.10. The van der Waals surface area contributed by atoms with Gasteiger partial charge in [-0.1, -0.05) is 36.7 Å². The molecule has 4 nitrogen and oxygen atoms in total. The van der Waals surface area contributed by atoms with Gasteiger partial charge in [-0.15, -0.1) is 0 Å². The predicted octanol–water partition coefficient (Wildman–Crippen LogP) is 2.67. The van der Waals surface area contributed by atoms with Gasteiger partial charge in [-0.2, -0.15) is 0 Å². The minimum absolute atomic E-state index is 0.223. The molecule has 0 saturated heterocycles. The number of thioether (sulfide) groups is 1. The summed E-state index contributed by atoms with van der Waals surface area (Å²) in [6.07, 6.45) is 3.75. The fourth-order valence-electron chi connectivity index (χ4n) is 1.46. The molecule has 1 aromatic heterocycles. The Morgan fingerprint density at radius 2 is 2.29 bits per heavy atom. The lowest BCUT2D eigenvalue weighted by Gasteiger charge is -2.14. The van der Waals surface area contributed by atoms with Gasteiger partial charge in [0, 0.05) is 19.2 Å². The number of aliphatic hydroxyl groups is 1. The van der Waals surface area contributed by atoms with Crippen LogP contribution in [0, 0.1) is 5.92 Å². The van der Waals surface area contributed by atoms with Crippen molar-refractivity contribution >= 4 is 29.2 Å². The van der Waals surface area contributed by atoms with Crippen molar-refractivity contribution in [2.75, 3.05) is 24.7 Å². The number of anilines is 1. The Labute approximate surface area is 111 Å². The lowest BCUT2D eigenvalue weighted by Crippen LogP contribution is -2.15. The first-order valence-electron chi connectivity index (χ1n) is 5.62. The van der Waals surface area contributed by atoms with Crippen LogP contribution >= 0.6 is 23.4 Å². The monoisotopic (exact) mass is 275 g/mol. The largest absolute Gasteiger partial charge is 0.396 e. The smallest absolute Gasteiger partial charge is 0.190 e. The molecule has 0 radical (unpaired) electrons. The first kappa shape index (κ1) is 14.5. The lowest BCUT2D eigenvalue weighted by atomic mass is 10.0. The molecule has 2 N–H and O–H groups in total. The van der Waals surface area contributed by atoms with E-state index in [0.717, 1.165) is 25.2 Å². The highest BCUT2D eigenvalue weighted by atomic mass is 35.5. The summed E-state index contributed by atoms with van der Waals surface area (Å²) in [6, 6.07) is 1.72. The maximum absolute atomic E-state index is 8.91. The van der Waals surface area contributed by atoms with Crippen molar-refractivity contribution in [1.29, 1.82) is 0 Å². The number of nitrogens with zero attached hydrogens (tertiary/aromatic N) is 2. The van der Waals surface area contributed by atoms with E-state index in [9.17, 15) is 0 Å². The highest BCUT2D eigenvalue weighted by Gasteiger charge is 2.07. The molecule has 0 aromatic carbocycles. The Bertz CT molecular complexity index is 351. The summed E-state index contributed by atoms with van der Waals surface area (Å²) in [7, 11) is 0. The molecular weight excluding hydrogens is 258 g/mol. The molecule has 6 heteroatoms. The molecule has 1 unspecified atom stereocenters. The third-order valence-electron chi connectivity index (χ3n) is 2.54. The van der Waals surface area contributed by atoms with Crippen molar-refractivity contribution in [3.8, 4) is 0 Å². The molecule has 1 heterocycles. The van der Waals surface area contributed by atoms with Crippen molar-refractivity contribution in [1.82, 2.24) is 9.97 Å². The zero-order valence-electron chi connectivity index (χ0n) is 10.1. The van der Waals surface area contributed by atoms with Crippen molar-refractivity contribution in [3.63, 3.8) is 0 Å². The van der Waals surface area contributed by atoms with Crippen LogP contribution in [0.1, 0.15) is 19.8 Å². The molecule has 0 aliphatic rings. The van der Waals surface area contributed by atoms with Crippen LogP contribution in [0.25, 0.3) is 0 Å². The van der Waals surface area contributed by atoms with Crippen LogP contribution in [0.4, 0.5) is 5.82 Å². The molecule has 0 saturated carbocycles. The van der Waals surface area contributed by atoms with Crippen LogP contribution in [0.5, 0.6) is 0 Å². The van der Waals surface area contributed by atoms with Gasteiger partial charge in [0.05, 0.1) is 0 Å². The third-order valence-corrected chi connectivity index (χ3v) is 3.28. The molecule has 0 spiro atoms. The molecule has 0 amide bonds. The van der Waals surface area contributed by atoms with E-state index in [1.165, 1.54) is 11.8 Å². The molecule has 1 rings (SSSR count). The van der Waals surface area contributed by atoms with Gasteiger partial charge >= 0.3 is 0 Å². The van der Waals surface area contributed by atoms with Crippen LogP contribution < -0.4 is 5.32 Å². The highest BCUT2D eigenvalue weighted by molar-refractivity contribution is 7.98. The van der Waals surface area contributed by atoms with Crippen LogP contribution in [0.2, 0.25) is 5.15 Å². The quantitative estimate of drug-likeness (QED) is 0.455. The van der Waals surface area contributed by atoms with Crippen molar-refractivity contribution in [3.05, 3.63) is 11.2 Å². The molecule has 1 atom stereocenters. The normalized spacial score (nSPS) is 12.5. The minimum atomic E-state index is 0.223. The Balaban J connectivity index is 2.58. The van der Waals surface area contributed by atoms with E-state index < -0.39 is 0 Å². The number of rotatable bonds is 7.